The van der Waals surface area contributed by atoms with Gasteiger partial charge in [0, 0.05) is 16.9 Å². The number of nitrogens with one attached hydrogen (secondary N) is 1. The number of halogens is 1. The average molecular weight is 395 g/mol. The first kappa shape index (κ1) is 19.5. The van der Waals surface area contributed by atoms with E-state index in [0.29, 0.717) is 22.2 Å². The summed E-state index contributed by atoms with van der Waals surface area (Å²) in [7, 11) is 1.61. The van der Waals surface area contributed by atoms with Crippen LogP contribution in [0.25, 0.3) is 0 Å². The predicted molar refractivity (Wildman–Crippen MR) is 112 cm³/mol. The Kier molecular flexibility index (Phi) is 6.65. The molecule has 0 atom stereocenters. The minimum Gasteiger partial charge on any atom is -0.494 e. The van der Waals surface area contributed by atoms with Crippen LogP contribution in [0.1, 0.15) is 5.56 Å². The smallest absolute Gasteiger partial charge is 0.262 e. The third-order valence-electron chi connectivity index (χ3n) is 3.80. The number of aliphatic imine (C=N–C) groups is 1. The fourth-order valence-electron chi connectivity index (χ4n) is 2.44. The number of hydrogen-bond acceptors (Lipinski definition) is 4. The molecule has 0 radical (unpaired) electrons. The van der Waals surface area contributed by atoms with E-state index in [1.165, 1.54) is 0 Å². The Bertz CT molecular complexity index is 972. The minimum absolute atomic E-state index is 0.0961. The molecule has 0 bridgehead atoms. The predicted octanol–water partition coefficient (Wildman–Crippen LogP) is 5.12. The molecule has 0 aromatic heterocycles. The van der Waals surface area contributed by atoms with Crippen LogP contribution in [0.4, 0.5) is 11.4 Å². The summed E-state index contributed by atoms with van der Waals surface area (Å²) in [6.45, 7) is -0.0961. The summed E-state index contributed by atoms with van der Waals surface area (Å²) in [6, 6.07) is 21.8. The number of methoxy groups -OCH3 is 1. The summed E-state index contributed by atoms with van der Waals surface area (Å²) in [6.07, 6.45) is 1.74. The van der Waals surface area contributed by atoms with Gasteiger partial charge in [-0.2, -0.15) is 0 Å². The number of carbonyl (C=O) groups excluding carboxylic acids is 1. The number of anilines is 1. The van der Waals surface area contributed by atoms with Crippen LogP contribution in [0.5, 0.6) is 11.5 Å². The third-order valence-corrected chi connectivity index (χ3v) is 4.03. The van der Waals surface area contributed by atoms with Crippen molar-refractivity contribution in [2.45, 2.75) is 0 Å². The molecule has 0 unspecified atom stereocenters. The molecule has 6 heteroatoms. The van der Waals surface area contributed by atoms with E-state index in [1.54, 1.807) is 49.7 Å². The summed E-state index contributed by atoms with van der Waals surface area (Å²) in [5.41, 5.74) is 2.29. The van der Waals surface area contributed by atoms with Crippen LogP contribution in [0.15, 0.2) is 77.8 Å². The SMILES string of the molecule is COc1ccccc1N=Cc1ccc(OCC(=O)Nc2cccc(Cl)c2)cc1. The maximum atomic E-state index is 12.0. The summed E-state index contributed by atoms with van der Waals surface area (Å²) in [4.78, 5) is 16.4. The van der Waals surface area contributed by atoms with Crippen LogP contribution in [0, 0.1) is 0 Å². The standard InChI is InChI=1S/C22H19ClN2O3/c1-27-21-8-3-2-7-20(21)24-14-16-9-11-19(12-10-16)28-15-22(26)25-18-6-4-5-17(23)13-18/h2-14H,15H2,1H3,(H,25,26). The first-order chi connectivity index (χ1) is 13.6. The van der Waals surface area contributed by atoms with Gasteiger partial charge in [0.05, 0.1) is 7.11 Å². The Morgan fingerprint density at radius 3 is 2.61 bits per heavy atom. The van der Waals surface area contributed by atoms with Crippen LogP contribution in [-0.2, 0) is 4.79 Å². The molecule has 0 aliphatic heterocycles. The van der Waals surface area contributed by atoms with Gasteiger partial charge in [-0.15, -0.1) is 0 Å². The zero-order valence-corrected chi connectivity index (χ0v) is 16.0. The van der Waals surface area contributed by atoms with Gasteiger partial charge in [-0.25, -0.2) is 0 Å². The molecule has 0 spiro atoms. The van der Waals surface area contributed by atoms with E-state index in [2.05, 4.69) is 10.3 Å². The number of benzene rings is 3. The number of ether oxygens (including phenoxy) is 2. The highest BCUT2D eigenvalue weighted by molar-refractivity contribution is 6.30. The molecule has 0 saturated carbocycles. The van der Waals surface area contributed by atoms with Gasteiger partial charge < -0.3 is 14.8 Å². The number of amides is 1. The first-order valence-electron chi connectivity index (χ1n) is 8.59. The average Bonchev–Trinajstić information content (AvgIpc) is 2.71. The van der Waals surface area contributed by atoms with E-state index < -0.39 is 0 Å². The fourth-order valence-corrected chi connectivity index (χ4v) is 2.63. The second-order valence-electron chi connectivity index (χ2n) is 5.85. The molecule has 1 amide bonds. The summed E-state index contributed by atoms with van der Waals surface area (Å²) >= 11 is 5.90. The van der Waals surface area contributed by atoms with E-state index in [0.717, 1.165) is 11.3 Å². The Hall–Kier alpha value is -3.31. The molecule has 0 aliphatic rings. The van der Waals surface area contributed by atoms with Crippen LogP contribution in [-0.4, -0.2) is 25.8 Å². The normalized spacial score (nSPS) is 10.6. The van der Waals surface area contributed by atoms with Crippen LogP contribution < -0.4 is 14.8 Å². The van der Waals surface area contributed by atoms with E-state index >= 15 is 0 Å². The van der Waals surface area contributed by atoms with E-state index in [1.807, 2.05) is 36.4 Å². The van der Waals surface area contributed by atoms with Crippen LogP contribution >= 0.6 is 11.6 Å². The first-order valence-corrected chi connectivity index (χ1v) is 8.97. The van der Waals surface area contributed by atoms with Crippen LogP contribution in [0.3, 0.4) is 0 Å². The monoisotopic (exact) mass is 394 g/mol. The number of carbonyl (C=O) groups is 1. The highest BCUT2D eigenvalue weighted by atomic mass is 35.5. The lowest BCUT2D eigenvalue weighted by atomic mass is 10.2. The van der Waals surface area contributed by atoms with Gasteiger partial charge in [0.1, 0.15) is 17.2 Å². The highest BCUT2D eigenvalue weighted by Crippen LogP contribution is 2.26. The topological polar surface area (TPSA) is 59.9 Å². The van der Waals surface area contributed by atoms with Gasteiger partial charge in [0.15, 0.2) is 6.61 Å². The molecule has 0 aliphatic carbocycles. The third kappa shape index (κ3) is 5.59. The van der Waals surface area contributed by atoms with Gasteiger partial charge in [-0.1, -0.05) is 29.8 Å². The number of hydrogen-bond donors (Lipinski definition) is 1. The molecular formula is C22H19ClN2O3. The van der Waals surface area contributed by atoms with Crippen molar-refractivity contribution < 1.29 is 14.3 Å². The lowest BCUT2D eigenvalue weighted by Gasteiger charge is -2.08. The Morgan fingerprint density at radius 1 is 1.07 bits per heavy atom. The maximum Gasteiger partial charge on any atom is 0.262 e. The van der Waals surface area contributed by atoms with Crippen molar-refractivity contribution in [1.82, 2.24) is 0 Å². The van der Waals surface area contributed by atoms with Gasteiger partial charge >= 0.3 is 0 Å². The zero-order chi connectivity index (χ0) is 19.8. The molecule has 0 fully saturated rings. The van der Waals surface area contributed by atoms with E-state index in [4.69, 9.17) is 21.1 Å². The van der Waals surface area contributed by atoms with Crippen molar-refractivity contribution in [3.63, 3.8) is 0 Å². The van der Waals surface area contributed by atoms with Crippen molar-refractivity contribution in [2.75, 3.05) is 19.0 Å². The van der Waals surface area contributed by atoms with Crippen LogP contribution in [0.2, 0.25) is 5.02 Å². The molecule has 28 heavy (non-hydrogen) atoms. The molecule has 0 saturated heterocycles. The molecule has 3 aromatic rings. The molecule has 5 nitrogen and oxygen atoms in total. The Balaban J connectivity index is 1.54. The van der Waals surface area contributed by atoms with Crippen molar-refractivity contribution in [3.05, 3.63) is 83.4 Å². The van der Waals surface area contributed by atoms with Gasteiger partial charge in [-0.3, -0.25) is 9.79 Å². The fraction of sp³-hybridized carbons (Fsp3) is 0.0909. The minimum atomic E-state index is -0.260. The largest absolute Gasteiger partial charge is 0.494 e. The van der Waals surface area contributed by atoms with Gasteiger partial charge in [0.2, 0.25) is 0 Å². The maximum absolute atomic E-state index is 12.0. The molecular weight excluding hydrogens is 376 g/mol. The zero-order valence-electron chi connectivity index (χ0n) is 15.3. The highest BCUT2D eigenvalue weighted by Gasteiger charge is 2.04. The number of nitrogens with zero attached hydrogens (tertiary/aromatic N) is 1. The van der Waals surface area contributed by atoms with Gasteiger partial charge in [0.25, 0.3) is 5.91 Å². The number of para-hydroxylation sites is 2. The molecule has 142 valence electrons. The molecule has 3 aromatic carbocycles. The Morgan fingerprint density at radius 2 is 1.86 bits per heavy atom. The van der Waals surface area contributed by atoms with Crippen molar-refractivity contribution in [2.24, 2.45) is 4.99 Å². The van der Waals surface area contributed by atoms with Crippen molar-refractivity contribution >= 4 is 35.1 Å². The van der Waals surface area contributed by atoms with E-state index in [9.17, 15) is 4.79 Å². The molecule has 3 rings (SSSR count). The lowest BCUT2D eigenvalue weighted by Crippen LogP contribution is -2.20. The quantitative estimate of drug-likeness (QED) is 0.566. The van der Waals surface area contributed by atoms with E-state index in [-0.39, 0.29) is 12.5 Å². The summed E-state index contributed by atoms with van der Waals surface area (Å²) in [5, 5.41) is 3.29. The molecule has 0 heterocycles. The molecule has 1 N–H and O–H groups in total. The summed E-state index contributed by atoms with van der Waals surface area (Å²) in [5.74, 6) is 1.05. The second kappa shape index (κ2) is 9.58. The Labute approximate surface area is 168 Å². The van der Waals surface area contributed by atoms with Crippen molar-refractivity contribution in [3.8, 4) is 11.5 Å². The second-order valence-corrected chi connectivity index (χ2v) is 6.28. The summed E-state index contributed by atoms with van der Waals surface area (Å²) < 4.78 is 10.8. The van der Waals surface area contributed by atoms with Crippen molar-refractivity contribution in [1.29, 1.82) is 0 Å². The number of rotatable bonds is 7. The lowest BCUT2D eigenvalue weighted by molar-refractivity contribution is -0.118. The van der Waals surface area contributed by atoms with Gasteiger partial charge in [-0.05, 0) is 60.2 Å².